The Morgan fingerprint density at radius 1 is 1.07 bits per heavy atom. The number of carbonyl (C=O) groups is 1. The van der Waals surface area contributed by atoms with Gasteiger partial charge in [-0.15, -0.1) is 11.3 Å². The van der Waals surface area contributed by atoms with E-state index in [1.165, 1.54) is 30.0 Å². The molecule has 7 nitrogen and oxygen atoms in total. The number of hydrogen-bond acceptors (Lipinski definition) is 6. The molecule has 2 fully saturated rings. The van der Waals surface area contributed by atoms with Gasteiger partial charge < -0.3 is 16.0 Å². The second-order valence-corrected chi connectivity index (χ2v) is 12.2. The summed E-state index contributed by atoms with van der Waals surface area (Å²) in [7, 11) is 2.05. The number of fused-ring (bicyclic) bond motifs is 1. The molecule has 1 aliphatic heterocycles. The molecule has 3 aromatic heterocycles. The number of carbonyl (C=O) groups excluding carboxylic acids is 1. The number of amides is 2. The van der Waals surface area contributed by atoms with Gasteiger partial charge in [0.05, 0.1) is 20.8 Å². The molecule has 2 unspecified atom stereocenters. The van der Waals surface area contributed by atoms with Gasteiger partial charge in [0.2, 0.25) is 0 Å². The number of benzene rings is 1. The average Bonchev–Trinajstić information content (AvgIpc) is 3.65. The van der Waals surface area contributed by atoms with Crippen LogP contribution in [0.15, 0.2) is 54.9 Å². The van der Waals surface area contributed by atoms with E-state index in [9.17, 15) is 4.79 Å². The molecule has 1 aliphatic carbocycles. The van der Waals surface area contributed by atoms with Crippen LogP contribution >= 0.6 is 11.3 Å². The summed E-state index contributed by atoms with van der Waals surface area (Å²) in [6.45, 7) is 5.73. The van der Waals surface area contributed by atoms with E-state index in [2.05, 4.69) is 50.1 Å². The molecule has 0 radical (unpaired) electrons. The number of aromatic nitrogens is 2. The number of urea groups is 1. The number of anilines is 1. The van der Waals surface area contributed by atoms with E-state index in [1.807, 2.05) is 32.4 Å². The van der Waals surface area contributed by atoms with Gasteiger partial charge in [0.25, 0.3) is 0 Å². The first kappa shape index (κ1) is 27.8. The zero-order chi connectivity index (χ0) is 28.3. The van der Waals surface area contributed by atoms with Crippen molar-refractivity contribution in [3.05, 3.63) is 77.4 Å². The third-order valence-electron chi connectivity index (χ3n) is 8.30. The summed E-state index contributed by atoms with van der Waals surface area (Å²) in [6, 6.07) is 13.8. The Morgan fingerprint density at radius 2 is 1.90 bits per heavy atom. The van der Waals surface area contributed by atoms with Crippen molar-refractivity contribution < 1.29 is 9.18 Å². The maximum Gasteiger partial charge on any atom is 0.319 e. The molecule has 6 rings (SSSR count). The minimum atomic E-state index is -0.315. The van der Waals surface area contributed by atoms with Crippen LogP contribution in [0.5, 0.6) is 0 Å². The van der Waals surface area contributed by atoms with E-state index in [0.717, 1.165) is 53.3 Å². The lowest BCUT2D eigenvalue weighted by Gasteiger charge is -2.31. The van der Waals surface area contributed by atoms with Gasteiger partial charge in [-0.05, 0) is 105 Å². The number of piperidine rings is 1. The van der Waals surface area contributed by atoms with Crippen molar-refractivity contribution in [3.8, 4) is 10.6 Å². The molecular weight excluding hydrogens is 535 g/mol. The number of thiophene rings is 1. The monoisotopic (exact) mass is 572 g/mol. The number of nitrogens with zero attached hydrogens (tertiary/aromatic N) is 3. The fourth-order valence-corrected chi connectivity index (χ4v) is 7.05. The minimum Gasteiger partial charge on any atom is -0.338 e. The van der Waals surface area contributed by atoms with E-state index in [-0.39, 0.29) is 23.7 Å². The van der Waals surface area contributed by atoms with Crippen molar-refractivity contribution in [3.63, 3.8) is 0 Å². The minimum absolute atomic E-state index is 0.115. The number of hydrogen-bond donors (Lipinski definition) is 3. The maximum absolute atomic E-state index is 15.1. The first-order valence-corrected chi connectivity index (χ1v) is 15.4. The Labute approximate surface area is 244 Å². The number of halogens is 1. The number of pyridine rings is 2. The average molecular weight is 573 g/mol. The normalized spacial score (nSPS) is 19.4. The van der Waals surface area contributed by atoms with E-state index in [4.69, 9.17) is 4.98 Å². The SMILES string of the molecule is CCCNC(=O)Nc1ccc(C2CC2c2ccnc3cc(-c4ccc(CN5CCC(NC)CC5)cn4)sc23)c(F)c1. The molecule has 2 amide bonds. The molecule has 1 saturated carbocycles. The van der Waals surface area contributed by atoms with Crippen LogP contribution in [0.3, 0.4) is 0 Å². The predicted octanol–water partition coefficient (Wildman–Crippen LogP) is 6.48. The molecule has 3 N–H and O–H groups in total. The Balaban J connectivity index is 1.13. The van der Waals surface area contributed by atoms with Gasteiger partial charge in [0.15, 0.2) is 0 Å². The quantitative estimate of drug-likeness (QED) is 0.214. The van der Waals surface area contributed by atoms with E-state index >= 15 is 4.39 Å². The van der Waals surface area contributed by atoms with E-state index in [1.54, 1.807) is 17.4 Å². The van der Waals surface area contributed by atoms with Gasteiger partial charge in [0, 0.05) is 37.2 Å². The molecule has 9 heteroatoms. The summed E-state index contributed by atoms with van der Waals surface area (Å²) in [5.41, 5.74) is 5.54. The van der Waals surface area contributed by atoms with Crippen LogP contribution in [0.1, 0.15) is 61.1 Å². The van der Waals surface area contributed by atoms with Crippen molar-refractivity contribution in [2.75, 3.05) is 32.0 Å². The summed E-state index contributed by atoms with van der Waals surface area (Å²) < 4.78 is 16.2. The van der Waals surface area contributed by atoms with Gasteiger partial charge in [-0.25, -0.2) is 9.18 Å². The van der Waals surface area contributed by atoms with Gasteiger partial charge in [0.1, 0.15) is 5.82 Å². The highest BCUT2D eigenvalue weighted by Crippen LogP contribution is 2.57. The third-order valence-corrected chi connectivity index (χ3v) is 9.50. The van der Waals surface area contributed by atoms with Crippen LogP contribution in [0.25, 0.3) is 20.8 Å². The number of likely N-dealkylation sites (tertiary alicyclic amines) is 1. The summed E-state index contributed by atoms with van der Waals surface area (Å²) in [5, 5.41) is 8.85. The highest BCUT2D eigenvalue weighted by Gasteiger charge is 2.42. The van der Waals surface area contributed by atoms with Crippen molar-refractivity contribution in [1.29, 1.82) is 0 Å². The van der Waals surface area contributed by atoms with Crippen molar-refractivity contribution in [2.24, 2.45) is 0 Å². The van der Waals surface area contributed by atoms with Crippen LogP contribution in [0.2, 0.25) is 0 Å². The van der Waals surface area contributed by atoms with Gasteiger partial charge in [-0.2, -0.15) is 0 Å². The maximum atomic E-state index is 15.1. The molecule has 0 spiro atoms. The predicted molar refractivity (Wildman–Crippen MR) is 164 cm³/mol. The smallest absolute Gasteiger partial charge is 0.319 e. The molecule has 0 bridgehead atoms. The molecule has 1 saturated heterocycles. The molecular formula is C32H37FN6OS. The standard InChI is InChI=1S/C32H37FN6OS/c1-3-11-36-32(40)38-22-5-6-23(27(33)15-22)25-16-26(25)24-8-12-35-29-17-30(41-31(24)29)28-7-4-20(18-37-28)19-39-13-9-21(34-2)10-14-39/h4-8,12,15,17-18,21,25-26,34H,3,9-11,13-14,16,19H2,1-2H3,(H2,36,38,40). The number of nitrogens with one attached hydrogen (secondary N) is 3. The first-order valence-electron chi connectivity index (χ1n) is 14.6. The Morgan fingerprint density at radius 3 is 2.63 bits per heavy atom. The summed E-state index contributed by atoms with van der Waals surface area (Å²) in [5.74, 6) is 0.0823. The van der Waals surface area contributed by atoms with Gasteiger partial charge >= 0.3 is 6.03 Å². The van der Waals surface area contributed by atoms with Gasteiger partial charge in [-0.1, -0.05) is 19.1 Å². The molecule has 4 heterocycles. The van der Waals surface area contributed by atoms with Gasteiger partial charge in [-0.3, -0.25) is 14.9 Å². The van der Waals surface area contributed by atoms with E-state index in [0.29, 0.717) is 23.8 Å². The first-order chi connectivity index (χ1) is 20.0. The zero-order valence-electron chi connectivity index (χ0n) is 23.6. The molecule has 2 atom stereocenters. The molecule has 2 aliphatic rings. The molecule has 214 valence electrons. The molecule has 1 aromatic carbocycles. The van der Waals surface area contributed by atoms with Crippen LogP contribution in [0, 0.1) is 5.82 Å². The van der Waals surface area contributed by atoms with Crippen LogP contribution < -0.4 is 16.0 Å². The summed E-state index contributed by atoms with van der Waals surface area (Å²) in [4.78, 5) is 25.0. The fourth-order valence-electron chi connectivity index (χ4n) is 5.88. The summed E-state index contributed by atoms with van der Waals surface area (Å²) in [6.07, 6.45) is 7.98. The zero-order valence-corrected chi connectivity index (χ0v) is 24.4. The summed E-state index contributed by atoms with van der Waals surface area (Å²) >= 11 is 1.72. The second-order valence-electron chi connectivity index (χ2n) is 11.2. The fraction of sp³-hybridized carbons (Fsp3) is 0.406. The third kappa shape index (κ3) is 6.27. The molecule has 4 aromatic rings. The molecule has 41 heavy (non-hydrogen) atoms. The van der Waals surface area contributed by atoms with Crippen molar-refractivity contribution >= 4 is 33.3 Å². The lowest BCUT2D eigenvalue weighted by Crippen LogP contribution is -2.40. The Hall–Kier alpha value is -3.40. The van der Waals surface area contributed by atoms with Crippen molar-refractivity contribution in [2.45, 2.75) is 57.0 Å². The van der Waals surface area contributed by atoms with Crippen LogP contribution in [-0.2, 0) is 6.54 Å². The van der Waals surface area contributed by atoms with Crippen LogP contribution in [-0.4, -0.2) is 53.6 Å². The Bertz CT molecular complexity index is 1510. The van der Waals surface area contributed by atoms with Crippen molar-refractivity contribution in [1.82, 2.24) is 25.5 Å². The highest BCUT2D eigenvalue weighted by atomic mass is 32.1. The lowest BCUT2D eigenvalue weighted by atomic mass is 10.0. The highest BCUT2D eigenvalue weighted by molar-refractivity contribution is 7.22. The lowest BCUT2D eigenvalue weighted by molar-refractivity contribution is 0.194. The van der Waals surface area contributed by atoms with Crippen LogP contribution in [0.4, 0.5) is 14.9 Å². The largest absolute Gasteiger partial charge is 0.338 e. The Kier molecular flexibility index (Phi) is 8.27. The number of rotatable bonds is 9. The topological polar surface area (TPSA) is 82.2 Å². The van der Waals surface area contributed by atoms with E-state index < -0.39 is 0 Å². The second kappa shape index (κ2) is 12.2.